The van der Waals surface area contributed by atoms with Gasteiger partial charge in [-0.05, 0) is 68.1 Å². The van der Waals surface area contributed by atoms with Crippen LogP contribution >= 0.6 is 0 Å². The molecule has 0 heterocycles. The van der Waals surface area contributed by atoms with Crippen molar-refractivity contribution in [3.63, 3.8) is 0 Å². The van der Waals surface area contributed by atoms with Crippen LogP contribution in [0.4, 0.5) is 5.69 Å². The van der Waals surface area contributed by atoms with Gasteiger partial charge in [0, 0.05) is 6.54 Å². The minimum atomic E-state index is -3.96. The molecule has 0 aromatic heterocycles. The van der Waals surface area contributed by atoms with Crippen LogP contribution in [-0.2, 0) is 22.9 Å². The Labute approximate surface area is 178 Å². The lowest BCUT2D eigenvalue weighted by atomic mass is 9.87. The Hall–Kier alpha value is -2.64. The summed E-state index contributed by atoms with van der Waals surface area (Å²) in [4.78, 5) is 14.2. The normalized spacial score (nSPS) is 14.1. The lowest BCUT2D eigenvalue weighted by Gasteiger charge is -2.21. The van der Waals surface area contributed by atoms with E-state index in [0.29, 0.717) is 18.5 Å². The molecule has 0 saturated heterocycles. The molecule has 0 spiro atoms. The van der Waals surface area contributed by atoms with E-state index in [1.54, 1.807) is 30.3 Å². The van der Waals surface area contributed by atoms with Crippen LogP contribution in [0.15, 0.2) is 47.4 Å². The summed E-state index contributed by atoms with van der Waals surface area (Å²) in [7, 11) is -1.98. The van der Waals surface area contributed by atoms with Crippen molar-refractivity contribution in [3.05, 3.63) is 64.7 Å². The van der Waals surface area contributed by atoms with Crippen molar-refractivity contribution in [2.75, 3.05) is 24.9 Å². The topological polar surface area (TPSA) is 86.7 Å². The Balaban J connectivity index is 1.96. The maximum absolute atomic E-state index is 13.2. The fourth-order valence-electron chi connectivity index (χ4n) is 3.71. The maximum atomic E-state index is 13.2. The van der Waals surface area contributed by atoms with E-state index < -0.39 is 16.0 Å². The number of rotatable bonds is 8. The highest BCUT2D eigenvalue weighted by atomic mass is 32.2. The van der Waals surface area contributed by atoms with E-state index in [4.69, 9.17) is 0 Å². The van der Waals surface area contributed by atoms with E-state index in [9.17, 15) is 18.3 Å². The van der Waals surface area contributed by atoms with Gasteiger partial charge in [0.1, 0.15) is 0 Å². The average molecular weight is 429 g/mol. The van der Waals surface area contributed by atoms with E-state index >= 15 is 0 Å². The van der Waals surface area contributed by atoms with Crippen LogP contribution in [0.2, 0.25) is 0 Å². The summed E-state index contributed by atoms with van der Waals surface area (Å²) in [5.41, 5.74) is 2.47. The van der Waals surface area contributed by atoms with Crippen LogP contribution in [0.5, 0.6) is 0 Å². The zero-order valence-electron chi connectivity index (χ0n) is 17.4. The van der Waals surface area contributed by atoms with Gasteiger partial charge in [-0.1, -0.05) is 43.3 Å². The van der Waals surface area contributed by atoms with Gasteiger partial charge >= 0.3 is 5.97 Å². The Bertz CT molecular complexity index is 1060. The van der Waals surface area contributed by atoms with Gasteiger partial charge in [-0.2, -0.15) is 0 Å². The summed E-state index contributed by atoms with van der Waals surface area (Å²) >= 11 is 0. The van der Waals surface area contributed by atoms with Crippen molar-refractivity contribution in [2.24, 2.45) is 0 Å². The van der Waals surface area contributed by atoms with Crippen molar-refractivity contribution in [1.82, 2.24) is 4.90 Å². The van der Waals surface area contributed by atoms with E-state index in [1.807, 2.05) is 19.2 Å². The monoisotopic (exact) mass is 428 g/mol. The van der Waals surface area contributed by atoms with Gasteiger partial charge in [0.2, 0.25) is 0 Å². The van der Waals surface area contributed by atoms with Gasteiger partial charge in [0.05, 0.1) is 16.1 Å². The number of carbonyl (C=O) groups is 1. The van der Waals surface area contributed by atoms with Gasteiger partial charge in [-0.15, -0.1) is 0 Å². The molecule has 0 radical (unpaired) electrons. The molecule has 0 aliphatic heterocycles. The number of carboxylic acid groups (broad SMARTS) is 1. The zero-order valence-corrected chi connectivity index (χ0v) is 18.2. The SMILES string of the molecule is CCN(C)C/C=C/c1ccccc1S(=O)(=O)Nc1ccc2c(c1C(=O)O)CCCC2. The fourth-order valence-corrected chi connectivity index (χ4v) is 4.98. The minimum Gasteiger partial charge on any atom is -0.478 e. The van der Waals surface area contributed by atoms with Gasteiger partial charge in [-0.25, -0.2) is 13.2 Å². The molecular formula is C23H28N2O4S. The molecule has 1 aliphatic carbocycles. The molecule has 30 heavy (non-hydrogen) atoms. The number of carboxylic acids is 1. The number of benzene rings is 2. The van der Waals surface area contributed by atoms with Crippen LogP contribution in [0, 0.1) is 0 Å². The van der Waals surface area contributed by atoms with Gasteiger partial charge in [0.15, 0.2) is 0 Å². The fraction of sp³-hybridized carbons (Fsp3) is 0.348. The molecule has 6 nitrogen and oxygen atoms in total. The van der Waals surface area contributed by atoms with Crippen molar-refractivity contribution in [1.29, 1.82) is 0 Å². The summed E-state index contributed by atoms with van der Waals surface area (Å²) in [6, 6.07) is 10.1. The lowest BCUT2D eigenvalue weighted by molar-refractivity contribution is 0.0696. The van der Waals surface area contributed by atoms with Crippen LogP contribution in [0.3, 0.4) is 0 Å². The summed E-state index contributed by atoms with van der Waals surface area (Å²) in [5, 5.41) is 9.78. The number of likely N-dealkylation sites (N-methyl/N-ethyl adjacent to an activating group) is 1. The summed E-state index contributed by atoms with van der Waals surface area (Å²) in [6.07, 6.45) is 7.10. The number of nitrogens with zero attached hydrogens (tertiary/aromatic N) is 1. The molecule has 2 N–H and O–H groups in total. The Morgan fingerprint density at radius 3 is 2.63 bits per heavy atom. The number of aromatic carboxylic acids is 1. The van der Waals surface area contributed by atoms with Crippen LogP contribution in [0.1, 0.15) is 46.8 Å². The van der Waals surface area contributed by atoms with Gasteiger partial charge in [-0.3, -0.25) is 4.72 Å². The molecule has 160 valence electrons. The third kappa shape index (κ3) is 4.91. The first kappa shape index (κ1) is 22.1. The minimum absolute atomic E-state index is 0.0633. The highest BCUT2D eigenvalue weighted by Crippen LogP contribution is 2.31. The predicted molar refractivity (Wildman–Crippen MR) is 119 cm³/mol. The third-order valence-corrected chi connectivity index (χ3v) is 6.89. The van der Waals surface area contributed by atoms with Crippen molar-refractivity contribution < 1.29 is 18.3 Å². The molecule has 3 rings (SSSR count). The number of fused-ring (bicyclic) bond motifs is 1. The molecule has 0 bridgehead atoms. The molecule has 0 saturated carbocycles. The summed E-state index contributed by atoms with van der Waals surface area (Å²) in [6.45, 7) is 3.64. The smallest absolute Gasteiger partial charge is 0.338 e. The molecule has 0 atom stereocenters. The second-order valence-corrected chi connectivity index (χ2v) is 9.19. The molecule has 0 amide bonds. The van der Waals surface area contributed by atoms with E-state index in [2.05, 4.69) is 16.5 Å². The van der Waals surface area contributed by atoms with Crippen LogP contribution in [0.25, 0.3) is 6.08 Å². The standard InChI is InChI=1S/C23H28N2O4S/c1-3-25(2)16-8-11-18-10-5-7-13-21(18)30(28,29)24-20-15-14-17-9-4-6-12-19(17)22(20)23(26)27/h5,7-8,10-11,13-15,24H,3-4,6,9,12,16H2,1-2H3,(H,26,27)/b11-8+. The first-order valence-electron chi connectivity index (χ1n) is 10.2. The number of hydrogen-bond acceptors (Lipinski definition) is 4. The first-order chi connectivity index (χ1) is 14.3. The lowest BCUT2D eigenvalue weighted by Crippen LogP contribution is -2.19. The van der Waals surface area contributed by atoms with Gasteiger partial charge in [0.25, 0.3) is 10.0 Å². The number of sulfonamides is 1. The van der Waals surface area contributed by atoms with Crippen molar-refractivity contribution in [3.8, 4) is 0 Å². The Morgan fingerprint density at radius 1 is 1.17 bits per heavy atom. The number of anilines is 1. The van der Waals surface area contributed by atoms with Gasteiger partial charge < -0.3 is 10.0 Å². The quantitative estimate of drug-likeness (QED) is 0.663. The molecule has 0 unspecified atom stereocenters. The second-order valence-electron chi connectivity index (χ2n) is 7.54. The number of nitrogens with one attached hydrogen (secondary N) is 1. The van der Waals surface area contributed by atoms with E-state index in [-0.39, 0.29) is 16.1 Å². The zero-order chi connectivity index (χ0) is 21.7. The van der Waals surface area contributed by atoms with Crippen LogP contribution in [-0.4, -0.2) is 44.5 Å². The van der Waals surface area contributed by atoms with E-state index in [0.717, 1.165) is 36.9 Å². The summed E-state index contributed by atoms with van der Waals surface area (Å²) < 4.78 is 28.9. The highest BCUT2D eigenvalue weighted by Gasteiger charge is 2.25. The van der Waals surface area contributed by atoms with Crippen molar-refractivity contribution in [2.45, 2.75) is 37.5 Å². The molecule has 7 heteroatoms. The first-order valence-corrected chi connectivity index (χ1v) is 11.7. The summed E-state index contributed by atoms with van der Waals surface area (Å²) in [5.74, 6) is -1.11. The number of hydrogen-bond donors (Lipinski definition) is 2. The highest BCUT2D eigenvalue weighted by molar-refractivity contribution is 7.92. The second kappa shape index (κ2) is 9.45. The van der Waals surface area contributed by atoms with Crippen LogP contribution < -0.4 is 4.72 Å². The average Bonchev–Trinajstić information content (AvgIpc) is 2.73. The Morgan fingerprint density at radius 2 is 1.90 bits per heavy atom. The molecule has 2 aromatic rings. The number of aryl methyl sites for hydroxylation is 1. The van der Waals surface area contributed by atoms with E-state index in [1.165, 1.54) is 6.07 Å². The molecular weight excluding hydrogens is 400 g/mol. The molecule has 1 aliphatic rings. The Kier molecular flexibility index (Phi) is 6.95. The third-order valence-electron chi connectivity index (χ3n) is 5.45. The molecule has 2 aromatic carbocycles. The largest absolute Gasteiger partial charge is 0.478 e. The molecule has 0 fully saturated rings. The predicted octanol–water partition coefficient (Wildman–Crippen LogP) is 4.03. The maximum Gasteiger partial charge on any atom is 0.338 e. The van der Waals surface area contributed by atoms with Crippen molar-refractivity contribution >= 4 is 27.8 Å².